The number of anilines is 1. The summed E-state index contributed by atoms with van der Waals surface area (Å²) in [4.78, 5) is 18.0. The smallest absolute Gasteiger partial charge is 0.246 e. The minimum atomic E-state index is -0.550. The van der Waals surface area contributed by atoms with E-state index in [2.05, 4.69) is 10.6 Å². The number of ether oxygens (including phenoxy) is 1. The zero-order chi connectivity index (χ0) is 21.8. The normalized spacial score (nSPS) is 12.0. The Hall–Kier alpha value is -3.64. The van der Waals surface area contributed by atoms with E-state index in [1.807, 2.05) is 91.3 Å². The van der Waals surface area contributed by atoms with Crippen LogP contribution < -0.4 is 15.4 Å². The first-order valence-electron chi connectivity index (χ1n) is 10.2. The summed E-state index contributed by atoms with van der Waals surface area (Å²) in [6.45, 7) is 2.43. The lowest BCUT2D eigenvalue weighted by Crippen LogP contribution is -2.33. The van der Waals surface area contributed by atoms with Gasteiger partial charge in [-0.1, -0.05) is 48.5 Å². The fourth-order valence-electron chi connectivity index (χ4n) is 3.68. The molecular weight excluding hydrogens is 388 g/mol. The molecule has 0 bridgehead atoms. The Morgan fingerprint density at radius 2 is 1.81 bits per heavy atom. The van der Waals surface area contributed by atoms with Crippen LogP contribution in [0.5, 0.6) is 5.75 Å². The van der Waals surface area contributed by atoms with E-state index in [4.69, 9.17) is 9.72 Å². The third kappa shape index (κ3) is 4.44. The molecule has 0 radical (unpaired) electrons. The third-order valence-corrected chi connectivity index (χ3v) is 5.35. The average molecular weight is 415 g/mol. The van der Waals surface area contributed by atoms with Crippen LogP contribution in [0, 0.1) is 6.92 Å². The van der Waals surface area contributed by atoms with Gasteiger partial charge < -0.3 is 14.6 Å². The molecule has 6 heteroatoms. The van der Waals surface area contributed by atoms with Gasteiger partial charge in [0.25, 0.3) is 0 Å². The zero-order valence-electron chi connectivity index (χ0n) is 17.9. The predicted molar refractivity (Wildman–Crippen MR) is 123 cm³/mol. The summed E-state index contributed by atoms with van der Waals surface area (Å²) in [7, 11) is 3.58. The molecule has 0 saturated carbocycles. The largest absolute Gasteiger partial charge is 0.495 e. The predicted octanol–water partition coefficient (Wildman–Crippen LogP) is 4.36. The van der Waals surface area contributed by atoms with E-state index in [0.717, 1.165) is 28.0 Å². The van der Waals surface area contributed by atoms with Crippen LogP contribution in [0.15, 0.2) is 72.8 Å². The molecule has 158 valence electrons. The Morgan fingerprint density at radius 1 is 1.06 bits per heavy atom. The molecule has 4 aromatic rings. The van der Waals surface area contributed by atoms with Crippen LogP contribution in [-0.2, 0) is 18.4 Å². The molecule has 1 aromatic heterocycles. The molecule has 1 heterocycles. The van der Waals surface area contributed by atoms with E-state index >= 15 is 0 Å². The van der Waals surface area contributed by atoms with Gasteiger partial charge in [-0.05, 0) is 42.3 Å². The van der Waals surface area contributed by atoms with Gasteiger partial charge in [-0.25, -0.2) is 4.98 Å². The molecule has 1 atom stereocenters. The second kappa shape index (κ2) is 9.02. The van der Waals surface area contributed by atoms with Gasteiger partial charge in [0, 0.05) is 7.05 Å². The second-order valence-corrected chi connectivity index (χ2v) is 7.49. The van der Waals surface area contributed by atoms with Crippen molar-refractivity contribution >= 4 is 22.6 Å². The number of nitrogens with one attached hydrogen (secondary N) is 2. The van der Waals surface area contributed by atoms with Crippen molar-refractivity contribution < 1.29 is 9.53 Å². The first-order chi connectivity index (χ1) is 15.1. The maximum absolute atomic E-state index is 13.3. The van der Waals surface area contributed by atoms with Crippen LogP contribution in [0.1, 0.15) is 23.0 Å². The summed E-state index contributed by atoms with van der Waals surface area (Å²) in [5.74, 6) is 1.33. The van der Waals surface area contributed by atoms with Gasteiger partial charge in [0.15, 0.2) is 0 Å². The van der Waals surface area contributed by atoms with Gasteiger partial charge in [-0.15, -0.1) is 0 Å². The van der Waals surface area contributed by atoms with Crippen LogP contribution in [0.4, 0.5) is 5.69 Å². The molecule has 4 rings (SSSR count). The molecule has 0 saturated heterocycles. The molecule has 2 N–H and O–H groups in total. The molecule has 0 aliphatic heterocycles. The number of hydrogen-bond acceptors (Lipinski definition) is 4. The number of fused-ring (bicyclic) bond motifs is 1. The number of aromatic nitrogens is 2. The monoisotopic (exact) mass is 414 g/mol. The summed E-state index contributed by atoms with van der Waals surface area (Å²) in [5.41, 5.74) is 4.57. The lowest BCUT2D eigenvalue weighted by atomic mass is 10.1. The number of carbonyl (C=O) groups excluding carboxylic acids is 1. The first kappa shape index (κ1) is 20.6. The Morgan fingerprint density at radius 3 is 2.55 bits per heavy atom. The Labute approximate surface area is 181 Å². The SMILES string of the molecule is COc1ccc(C)cc1NC(=O)[C@@H](NCc1nc2ccccc2n1C)c1ccccc1. The number of carbonyl (C=O) groups is 1. The van der Waals surface area contributed by atoms with Crippen LogP contribution in [0.2, 0.25) is 0 Å². The molecule has 0 aliphatic carbocycles. The Balaban J connectivity index is 1.59. The fraction of sp³-hybridized carbons (Fsp3) is 0.200. The maximum Gasteiger partial charge on any atom is 0.246 e. The number of methoxy groups -OCH3 is 1. The first-order valence-corrected chi connectivity index (χ1v) is 10.2. The number of amides is 1. The number of imidazole rings is 1. The highest BCUT2D eigenvalue weighted by molar-refractivity contribution is 5.96. The molecule has 0 aliphatic rings. The van der Waals surface area contributed by atoms with Crippen molar-refractivity contribution in [3.05, 3.63) is 89.7 Å². The number of rotatable bonds is 7. The van der Waals surface area contributed by atoms with Crippen LogP contribution in [0.25, 0.3) is 11.0 Å². The summed E-state index contributed by atoms with van der Waals surface area (Å²) in [6.07, 6.45) is 0. The molecule has 3 aromatic carbocycles. The molecule has 1 amide bonds. The molecule has 6 nitrogen and oxygen atoms in total. The average Bonchev–Trinajstić information content (AvgIpc) is 3.10. The van der Waals surface area contributed by atoms with E-state index in [1.54, 1.807) is 7.11 Å². The number of aryl methyl sites for hydroxylation is 2. The van der Waals surface area contributed by atoms with Gasteiger partial charge in [-0.2, -0.15) is 0 Å². The molecule has 0 spiro atoms. The highest BCUT2D eigenvalue weighted by Gasteiger charge is 2.22. The van der Waals surface area contributed by atoms with E-state index in [0.29, 0.717) is 18.0 Å². The van der Waals surface area contributed by atoms with Crippen molar-refractivity contribution in [3.8, 4) is 5.75 Å². The Kier molecular flexibility index (Phi) is 6.00. The quantitative estimate of drug-likeness (QED) is 0.472. The number of hydrogen-bond donors (Lipinski definition) is 2. The van der Waals surface area contributed by atoms with E-state index in [-0.39, 0.29) is 5.91 Å². The second-order valence-electron chi connectivity index (χ2n) is 7.49. The van der Waals surface area contributed by atoms with Gasteiger partial charge in [0.2, 0.25) is 5.91 Å². The standard InChI is InChI=1S/C25H26N4O2/c1-17-13-14-22(31-3)20(15-17)28-25(30)24(18-9-5-4-6-10-18)26-16-23-27-19-11-7-8-12-21(19)29(23)2/h4-15,24,26H,16H2,1-3H3,(H,28,30)/t24-/m0/s1. The van der Waals surface area contributed by atoms with Gasteiger partial charge >= 0.3 is 0 Å². The van der Waals surface area contributed by atoms with Crippen LogP contribution in [0.3, 0.4) is 0 Å². The van der Waals surface area contributed by atoms with E-state index in [1.165, 1.54) is 0 Å². The third-order valence-electron chi connectivity index (χ3n) is 5.35. The molecular formula is C25H26N4O2. The lowest BCUT2D eigenvalue weighted by molar-refractivity contribution is -0.118. The van der Waals surface area contributed by atoms with Crippen molar-refractivity contribution in [3.63, 3.8) is 0 Å². The van der Waals surface area contributed by atoms with Crippen molar-refractivity contribution in [1.29, 1.82) is 0 Å². The highest BCUT2D eigenvalue weighted by atomic mass is 16.5. The lowest BCUT2D eigenvalue weighted by Gasteiger charge is -2.20. The van der Waals surface area contributed by atoms with Gasteiger partial charge in [0.05, 0.1) is 30.4 Å². The zero-order valence-corrected chi connectivity index (χ0v) is 17.9. The summed E-state index contributed by atoms with van der Waals surface area (Å²) >= 11 is 0. The fourth-order valence-corrected chi connectivity index (χ4v) is 3.68. The topological polar surface area (TPSA) is 68.2 Å². The van der Waals surface area contributed by atoms with Crippen molar-refractivity contribution in [2.75, 3.05) is 12.4 Å². The minimum absolute atomic E-state index is 0.158. The van der Waals surface area contributed by atoms with Gasteiger partial charge in [-0.3, -0.25) is 10.1 Å². The van der Waals surface area contributed by atoms with E-state index < -0.39 is 6.04 Å². The van der Waals surface area contributed by atoms with Crippen LogP contribution in [-0.4, -0.2) is 22.6 Å². The van der Waals surface area contributed by atoms with Crippen molar-refractivity contribution in [2.45, 2.75) is 19.5 Å². The van der Waals surface area contributed by atoms with Crippen molar-refractivity contribution in [1.82, 2.24) is 14.9 Å². The number of para-hydroxylation sites is 2. The number of nitrogens with zero attached hydrogens (tertiary/aromatic N) is 2. The summed E-state index contributed by atoms with van der Waals surface area (Å²) in [6, 6.07) is 22.9. The summed E-state index contributed by atoms with van der Waals surface area (Å²) in [5, 5.41) is 6.41. The highest BCUT2D eigenvalue weighted by Crippen LogP contribution is 2.27. The molecule has 0 unspecified atom stereocenters. The van der Waals surface area contributed by atoms with Crippen molar-refractivity contribution in [2.24, 2.45) is 7.05 Å². The van der Waals surface area contributed by atoms with E-state index in [9.17, 15) is 4.79 Å². The molecule has 31 heavy (non-hydrogen) atoms. The number of benzene rings is 3. The minimum Gasteiger partial charge on any atom is -0.495 e. The van der Waals surface area contributed by atoms with Gasteiger partial charge in [0.1, 0.15) is 17.6 Å². The molecule has 0 fully saturated rings. The Bertz CT molecular complexity index is 1200. The maximum atomic E-state index is 13.3. The van der Waals surface area contributed by atoms with Crippen LogP contribution >= 0.6 is 0 Å². The summed E-state index contributed by atoms with van der Waals surface area (Å²) < 4.78 is 7.46.